The highest BCUT2D eigenvalue weighted by atomic mass is 35.5. The number of hydrogen-bond acceptors (Lipinski definition) is 1. The van der Waals surface area contributed by atoms with Crippen molar-refractivity contribution in [1.82, 2.24) is 0 Å². The fourth-order valence-corrected chi connectivity index (χ4v) is 4.17. The van der Waals surface area contributed by atoms with Gasteiger partial charge in [0.05, 0.1) is 0 Å². The van der Waals surface area contributed by atoms with Gasteiger partial charge in [0.25, 0.3) is 0 Å². The Morgan fingerprint density at radius 2 is 1.71 bits per heavy atom. The summed E-state index contributed by atoms with van der Waals surface area (Å²) in [7, 11) is 0. The Kier molecular flexibility index (Phi) is 3.16. The van der Waals surface area contributed by atoms with Gasteiger partial charge in [-0.3, -0.25) is 0 Å². The van der Waals surface area contributed by atoms with Gasteiger partial charge in [-0.15, -0.1) is 23.2 Å². The van der Waals surface area contributed by atoms with Gasteiger partial charge in [0.1, 0.15) is 16.7 Å². The SMILES string of the molecule is ClC1(Cl)C2Cc3cccc(OCc4ccccc4)c3CC21. The second-order valence-electron chi connectivity index (χ2n) is 5.96. The van der Waals surface area contributed by atoms with E-state index in [0.29, 0.717) is 18.4 Å². The summed E-state index contributed by atoms with van der Waals surface area (Å²) >= 11 is 12.7. The van der Waals surface area contributed by atoms with Gasteiger partial charge in [-0.25, -0.2) is 0 Å². The van der Waals surface area contributed by atoms with E-state index >= 15 is 0 Å². The summed E-state index contributed by atoms with van der Waals surface area (Å²) < 4.78 is 5.51. The van der Waals surface area contributed by atoms with Gasteiger partial charge in [0, 0.05) is 11.8 Å². The van der Waals surface area contributed by atoms with Gasteiger partial charge in [-0.05, 0) is 35.6 Å². The highest BCUT2D eigenvalue weighted by Crippen LogP contribution is 2.64. The summed E-state index contributed by atoms with van der Waals surface area (Å²) in [6, 6.07) is 16.5. The van der Waals surface area contributed by atoms with E-state index in [0.717, 1.165) is 18.6 Å². The number of fused-ring (bicyclic) bond motifs is 2. The van der Waals surface area contributed by atoms with E-state index in [1.807, 2.05) is 18.2 Å². The summed E-state index contributed by atoms with van der Waals surface area (Å²) in [4.78, 5) is 0. The fraction of sp³-hybridized carbons (Fsp3) is 0.333. The fourth-order valence-electron chi connectivity index (χ4n) is 3.38. The minimum atomic E-state index is -0.532. The third-order valence-corrected chi connectivity index (χ3v) is 5.82. The summed E-state index contributed by atoms with van der Waals surface area (Å²) in [6.45, 7) is 0.596. The van der Waals surface area contributed by atoms with Crippen LogP contribution in [0.5, 0.6) is 5.75 Å². The Morgan fingerprint density at radius 1 is 0.952 bits per heavy atom. The number of hydrogen-bond donors (Lipinski definition) is 0. The lowest BCUT2D eigenvalue weighted by atomic mass is 9.91. The molecule has 3 heteroatoms. The van der Waals surface area contributed by atoms with Gasteiger partial charge in [0.15, 0.2) is 0 Å². The van der Waals surface area contributed by atoms with Crippen molar-refractivity contribution in [3.8, 4) is 5.75 Å². The molecule has 2 unspecified atom stereocenters. The molecule has 0 radical (unpaired) electrons. The Labute approximate surface area is 134 Å². The van der Waals surface area contributed by atoms with Crippen molar-refractivity contribution in [1.29, 1.82) is 0 Å². The molecular weight excluding hydrogens is 303 g/mol. The van der Waals surface area contributed by atoms with Crippen LogP contribution >= 0.6 is 23.2 Å². The highest BCUT2D eigenvalue weighted by molar-refractivity contribution is 6.51. The third-order valence-electron chi connectivity index (χ3n) is 4.70. The van der Waals surface area contributed by atoms with Crippen molar-refractivity contribution in [3.63, 3.8) is 0 Å². The Morgan fingerprint density at radius 3 is 2.52 bits per heavy atom. The minimum Gasteiger partial charge on any atom is -0.489 e. The van der Waals surface area contributed by atoms with E-state index < -0.39 is 4.33 Å². The number of halogens is 2. The summed E-state index contributed by atoms with van der Waals surface area (Å²) in [5.41, 5.74) is 3.81. The van der Waals surface area contributed by atoms with Crippen molar-refractivity contribution < 1.29 is 4.74 Å². The van der Waals surface area contributed by atoms with Crippen LogP contribution in [0.2, 0.25) is 0 Å². The quantitative estimate of drug-likeness (QED) is 0.740. The molecule has 4 rings (SSSR count). The van der Waals surface area contributed by atoms with Crippen LogP contribution < -0.4 is 4.74 Å². The topological polar surface area (TPSA) is 9.23 Å². The van der Waals surface area contributed by atoms with E-state index in [-0.39, 0.29) is 0 Å². The van der Waals surface area contributed by atoms with Crippen molar-refractivity contribution >= 4 is 23.2 Å². The molecule has 0 N–H and O–H groups in total. The first-order chi connectivity index (χ1) is 10.2. The largest absolute Gasteiger partial charge is 0.489 e. The molecule has 0 saturated heterocycles. The molecule has 21 heavy (non-hydrogen) atoms. The van der Waals surface area contributed by atoms with Crippen molar-refractivity contribution in [2.45, 2.75) is 23.8 Å². The van der Waals surface area contributed by atoms with Gasteiger partial charge in [0.2, 0.25) is 0 Å². The number of ether oxygens (including phenoxy) is 1. The van der Waals surface area contributed by atoms with Crippen molar-refractivity contribution in [2.24, 2.45) is 11.8 Å². The maximum atomic E-state index is 6.35. The van der Waals surface area contributed by atoms with Crippen LogP contribution in [0.3, 0.4) is 0 Å². The molecule has 0 bridgehead atoms. The molecule has 2 aromatic rings. The van der Waals surface area contributed by atoms with Crippen LogP contribution in [0.25, 0.3) is 0 Å². The van der Waals surface area contributed by atoms with E-state index in [2.05, 4.69) is 30.3 Å². The smallest absolute Gasteiger partial charge is 0.125 e. The number of alkyl halides is 2. The highest BCUT2D eigenvalue weighted by Gasteiger charge is 2.64. The van der Waals surface area contributed by atoms with Crippen LogP contribution in [0.1, 0.15) is 16.7 Å². The molecule has 0 aromatic heterocycles. The maximum Gasteiger partial charge on any atom is 0.125 e. The first kappa shape index (κ1) is 13.5. The van der Waals surface area contributed by atoms with Crippen LogP contribution in [-0.2, 0) is 19.4 Å². The first-order valence-electron chi connectivity index (χ1n) is 7.31. The number of rotatable bonds is 3. The van der Waals surface area contributed by atoms with E-state index in [9.17, 15) is 0 Å². The molecule has 1 saturated carbocycles. The Bertz CT molecular complexity index is 666. The normalized spacial score (nSPS) is 24.9. The molecule has 1 nitrogen and oxygen atoms in total. The van der Waals surface area contributed by atoms with Crippen molar-refractivity contribution in [2.75, 3.05) is 0 Å². The van der Waals surface area contributed by atoms with Crippen LogP contribution in [0.15, 0.2) is 48.5 Å². The van der Waals surface area contributed by atoms with E-state index in [1.54, 1.807) is 0 Å². The molecule has 2 aliphatic carbocycles. The van der Waals surface area contributed by atoms with Gasteiger partial charge < -0.3 is 4.74 Å². The first-order valence-corrected chi connectivity index (χ1v) is 8.07. The molecule has 0 aliphatic heterocycles. The zero-order valence-corrected chi connectivity index (χ0v) is 13.1. The summed E-state index contributed by atoms with van der Waals surface area (Å²) in [5, 5.41) is 0. The summed E-state index contributed by atoms with van der Waals surface area (Å²) in [5.74, 6) is 1.78. The van der Waals surface area contributed by atoms with E-state index in [1.165, 1.54) is 16.7 Å². The second-order valence-corrected chi connectivity index (χ2v) is 7.41. The lowest BCUT2D eigenvalue weighted by Gasteiger charge is -2.18. The zero-order valence-electron chi connectivity index (χ0n) is 11.6. The molecular formula is C18H16Cl2O. The molecule has 2 aromatic carbocycles. The maximum absolute atomic E-state index is 6.35. The average Bonchev–Trinajstić information content (AvgIpc) is 3.05. The van der Waals surface area contributed by atoms with Crippen molar-refractivity contribution in [3.05, 3.63) is 65.2 Å². The molecule has 2 aliphatic rings. The zero-order chi connectivity index (χ0) is 14.4. The number of benzene rings is 2. The predicted molar refractivity (Wildman–Crippen MR) is 86.0 cm³/mol. The molecule has 108 valence electrons. The monoisotopic (exact) mass is 318 g/mol. The average molecular weight is 319 g/mol. The van der Waals surface area contributed by atoms with Crippen LogP contribution in [0, 0.1) is 11.8 Å². The molecule has 0 heterocycles. The summed E-state index contributed by atoms with van der Waals surface area (Å²) in [6.07, 6.45) is 1.90. The lowest BCUT2D eigenvalue weighted by molar-refractivity contribution is 0.301. The lowest BCUT2D eigenvalue weighted by Crippen LogP contribution is -2.08. The van der Waals surface area contributed by atoms with Gasteiger partial charge in [-0.2, -0.15) is 0 Å². The van der Waals surface area contributed by atoms with Crippen LogP contribution in [0.4, 0.5) is 0 Å². The van der Waals surface area contributed by atoms with Gasteiger partial charge >= 0.3 is 0 Å². The van der Waals surface area contributed by atoms with Gasteiger partial charge in [-0.1, -0.05) is 42.5 Å². The minimum absolute atomic E-state index is 0.384. The molecule has 1 fully saturated rings. The second kappa shape index (κ2) is 4.93. The third kappa shape index (κ3) is 2.33. The standard InChI is InChI=1S/C18H16Cl2O/c19-18(20)15-9-13-7-4-8-17(14(13)10-16(15)18)21-11-12-5-2-1-3-6-12/h1-8,15-16H,9-11H2. The molecule has 2 atom stereocenters. The Hall–Kier alpha value is -1.18. The Balaban J connectivity index is 1.55. The van der Waals surface area contributed by atoms with Crippen LogP contribution in [-0.4, -0.2) is 4.33 Å². The molecule has 0 spiro atoms. The molecule has 0 amide bonds. The van der Waals surface area contributed by atoms with E-state index in [4.69, 9.17) is 27.9 Å². The predicted octanol–water partition coefficient (Wildman–Crippen LogP) is 4.78.